The molecule has 0 saturated carbocycles. The molecular formula is C16H14ClNS. The number of rotatable bonds is 3. The van der Waals surface area contributed by atoms with Gasteiger partial charge in [0.2, 0.25) is 0 Å². The van der Waals surface area contributed by atoms with Crippen LogP contribution in [0.1, 0.15) is 16.5 Å². The van der Waals surface area contributed by atoms with E-state index in [1.807, 2.05) is 30.5 Å². The Kier molecular flexibility index (Phi) is 3.56. The monoisotopic (exact) mass is 287 g/mol. The Hall–Kier alpha value is -1.35. The van der Waals surface area contributed by atoms with Gasteiger partial charge in [0.05, 0.1) is 6.04 Å². The van der Waals surface area contributed by atoms with Gasteiger partial charge in [-0.1, -0.05) is 41.9 Å². The number of hydrogen-bond acceptors (Lipinski definition) is 2. The number of benzene rings is 2. The van der Waals surface area contributed by atoms with Gasteiger partial charge >= 0.3 is 0 Å². The molecule has 0 bridgehead atoms. The second kappa shape index (κ2) is 5.33. The van der Waals surface area contributed by atoms with Gasteiger partial charge in [0.15, 0.2) is 0 Å². The lowest BCUT2D eigenvalue weighted by Gasteiger charge is -2.14. The third kappa shape index (κ3) is 2.52. The summed E-state index contributed by atoms with van der Waals surface area (Å²) >= 11 is 7.79. The normalized spacial score (nSPS) is 12.7. The van der Waals surface area contributed by atoms with Crippen LogP contribution < -0.4 is 5.32 Å². The number of nitrogens with one attached hydrogen (secondary N) is 1. The summed E-state index contributed by atoms with van der Waals surface area (Å²) in [5.74, 6) is 0. The fourth-order valence-electron chi connectivity index (χ4n) is 2.27. The van der Waals surface area contributed by atoms with Crippen LogP contribution in [0, 0.1) is 0 Å². The van der Waals surface area contributed by atoms with E-state index in [4.69, 9.17) is 11.6 Å². The van der Waals surface area contributed by atoms with Crippen LogP contribution in [-0.4, -0.2) is 7.05 Å². The van der Waals surface area contributed by atoms with Crippen LogP contribution >= 0.6 is 22.9 Å². The summed E-state index contributed by atoms with van der Waals surface area (Å²) in [6, 6.07) is 19.0. The molecule has 1 heterocycles. The molecular weight excluding hydrogens is 274 g/mol. The third-order valence-corrected chi connectivity index (χ3v) is 4.65. The van der Waals surface area contributed by atoms with E-state index in [0.717, 1.165) is 5.02 Å². The topological polar surface area (TPSA) is 12.0 Å². The van der Waals surface area contributed by atoms with Crippen molar-refractivity contribution in [3.05, 3.63) is 70.1 Å². The zero-order chi connectivity index (χ0) is 13.2. The van der Waals surface area contributed by atoms with Gasteiger partial charge in [0.1, 0.15) is 0 Å². The Labute approximate surface area is 121 Å². The zero-order valence-corrected chi connectivity index (χ0v) is 12.1. The molecule has 0 aliphatic carbocycles. The van der Waals surface area contributed by atoms with E-state index in [2.05, 4.69) is 47.8 Å². The van der Waals surface area contributed by atoms with Crippen LogP contribution in [0.3, 0.4) is 0 Å². The van der Waals surface area contributed by atoms with Crippen molar-refractivity contribution in [3.63, 3.8) is 0 Å². The van der Waals surface area contributed by atoms with Gasteiger partial charge < -0.3 is 5.32 Å². The lowest BCUT2D eigenvalue weighted by atomic mass is 10.1. The van der Waals surface area contributed by atoms with Crippen LogP contribution in [0.4, 0.5) is 0 Å². The second-order valence-corrected chi connectivity index (χ2v) is 6.01. The van der Waals surface area contributed by atoms with E-state index < -0.39 is 0 Å². The molecule has 3 rings (SSSR count). The highest BCUT2D eigenvalue weighted by Gasteiger charge is 2.14. The second-order valence-electron chi connectivity index (χ2n) is 4.46. The minimum absolute atomic E-state index is 0.217. The quantitative estimate of drug-likeness (QED) is 0.725. The number of thiophene rings is 1. The van der Waals surface area contributed by atoms with Crippen molar-refractivity contribution >= 4 is 33.0 Å². The number of fused-ring (bicyclic) bond motifs is 1. The Bertz CT molecular complexity index is 654. The molecule has 1 atom stereocenters. The predicted molar refractivity (Wildman–Crippen MR) is 84.2 cm³/mol. The minimum atomic E-state index is 0.217. The number of hydrogen-bond donors (Lipinski definition) is 1. The smallest absolute Gasteiger partial charge is 0.0669 e. The van der Waals surface area contributed by atoms with Crippen molar-refractivity contribution < 1.29 is 0 Å². The van der Waals surface area contributed by atoms with Crippen LogP contribution in [-0.2, 0) is 0 Å². The van der Waals surface area contributed by atoms with Crippen molar-refractivity contribution in [1.82, 2.24) is 5.32 Å². The summed E-state index contributed by atoms with van der Waals surface area (Å²) in [4.78, 5) is 1.33. The largest absolute Gasteiger partial charge is 0.309 e. The predicted octanol–water partition coefficient (Wildman–Crippen LogP) is 4.86. The van der Waals surface area contributed by atoms with Crippen LogP contribution in [0.2, 0.25) is 5.02 Å². The fraction of sp³-hybridized carbons (Fsp3) is 0.125. The SMILES string of the molecule is CNC(c1ccc(Cl)cc1)c1cc2ccccc2s1. The third-order valence-electron chi connectivity index (χ3n) is 3.22. The maximum Gasteiger partial charge on any atom is 0.0669 e. The van der Waals surface area contributed by atoms with Crippen LogP contribution in [0.25, 0.3) is 10.1 Å². The maximum atomic E-state index is 5.95. The molecule has 0 aliphatic heterocycles. The summed E-state index contributed by atoms with van der Waals surface area (Å²) in [5.41, 5.74) is 1.23. The molecule has 1 N–H and O–H groups in total. The fourth-order valence-corrected chi connectivity index (χ4v) is 3.60. The maximum absolute atomic E-state index is 5.95. The zero-order valence-electron chi connectivity index (χ0n) is 10.6. The highest BCUT2D eigenvalue weighted by atomic mass is 35.5. The van der Waals surface area contributed by atoms with E-state index in [1.165, 1.54) is 20.5 Å². The van der Waals surface area contributed by atoms with E-state index in [0.29, 0.717) is 0 Å². The molecule has 0 radical (unpaired) electrons. The van der Waals surface area contributed by atoms with Crippen molar-refractivity contribution in [2.24, 2.45) is 0 Å². The summed E-state index contributed by atoms with van der Waals surface area (Å²) in [6.07, 6.45) is 0. The van der Waals surface area contributed by atoms with Gasteiger partial charge in [0, 0.05) is 14.6 Å². The highest BCUT2D eigenvalue weighted by molar-refractivity contribution is 7.19. The van der Waals surface area contributed by atoms with Crippen LogP contribution in [0.15, 0.2) is 54.6 Å². The lowest BCUT2D eigenvalue weighted by molar-refractivity contribution is 0.704. The molecule has 3 heteroatoms. The first-order valence-electron chi connectivity index (χ1n) is 6.19. The molecule has 0 fully saturated rings. The molecule has 1 aromatic heterocycles. The molecule has 1 unspecified atom stereocenters. The molecule has 1 nitrogen and oxygen atoms in total. The van der Waals surface area contributed by atoms with Crippen molar-refractivity contribution in [2.75, 3.05) is 7.05 Å². The van der Waals surface area contributed by atoms with Gasteiger partial charge in [-0.15, -0.1) is 11.3 Å². The van der Waals surface area contributed by atoms with Gasteiger partial charge in [-0.25, -0.2) is 0 Å². The van der Waals surface area contributed by atoms with Crippen molar-refractivity contribution in [1.29, 1.82) is 0 Å². The minimum Gasteiger partial charge on any atom is -0.309 e. The van der Waals surface area contributed by atoms with E-state index >= 15 is 0 Å². The average molecular weight is 288 g/mol. The van der Waals surface area contributed by atoms with Gasteiger partial charge in [-0.2, -0.15) is 0 Å². The van der Waals surface area contributed by atoms with Crippen molar-refractivity contribution in [3.8, 4) is 0 Å². The molecule has 0 spiro atoms. The van der Waals surface area contributed by atoms with Crippen LogP contribution in [0.5, 0.6) is 0 Å². The first-order valence-corrected chi connectivity index (χ1v) is 7.38. The molecule has 96 valence electrons. The molecule has 0 aliphatic rings. The van der Waals surface area contributed by atoms with E-state index in [9.17, 15) is 0 Å². The van der Waals surface area contributed by atoms with Gasteiger partial charge in [0.25, 0.3) is 0 Å². The molecule has 2 aromatic carbocycles. The summed E-state index contributed by atoms with van der Waals surface area (Å²) < 4.78 is 1.33. The average Bonchev–Trinajstić information content (AvgIpc) is 2.85. The van der Waals surface area contributed by atoms with Gasteiger partial charge in [-0.05, 0) is 42.3 Å². The summed E-state index contributed by atoms with van der Waals surface area (Å²) in [6.45, 7) is 0. The summed E-state index contributed by atoms with van der Waals surface area (Å²) in [7, 11) is 1.99. The molecule has 19 heavy (non-hydrogen) atoms. The first kappa shape index (κ1) is 12.7. The highest BCUT2D eigenvalue weighted by Crippen LogP contribution is 2.33. The Morgan fingerprint density at radius 2 is 1.79 bits per heavy atom. The summed E-state index contributed by atoms with van der Waals surface area (Å²) in [5, 5.41) is 5.46. The molecule has 0 saturated heterocycles. The molecule has 3 aromatic rings. The standard InChI is InChI=1S/C16H14ClNS/c1-18-16(11-6-8-13(17)9-7-11)15-10-12-4-2-3-5-14(12)19-15/h2-10,16,18H,1H3. The first-order chi connectivity index (χ1) is 9.28. The Balaban J connectivity index is 2.04. The van der Waals surface area contributed by atoms with Crippen molar-refractivity contribution in [2.45, 2.75) is 6.04 Å². The van der Waals surface area contributed by atoms with E-state index in [1.54, 1.807) is 0 Å². The van der Waals surface area contributed by atoms with E-state index in [-0.39, 0.29) is 6.04 Å². The molecule has 0 amide bonds. The van der Waals surface area contributed by atoms with Gasteiger partial charge in [-0.3, -0.25) is 0 Å². The Morgan fingerprint density at radius 1 is 1.05 bits per heavy atom. The Morgan fingerprint density at radius 3 is 2.47 bits per heavy atom. The lowest BCUT2D eigenvalue weighted by Crippen LogP contribution is -2.16. The number of halogens is 1.